The van der Waals surface area contributed by atoms with Crippen LogP contribution in [0.4, 0.5) is 0 Å². The van der Waals surface area contributed by atoms with Gasteiger partial charge in [0.15, 0.2) is 0 Å². The summed E-state index contributed by atoms with van der Waals surface area (Å²) in [5, 5.41) is 0. The van der Waals surface area contributed by atoms with Gasteiger partial charge < -0.3 is 0 Å². The summed E-state index contributed by atoms with van der Waals surface area (Å²) in [6, 6.07) is 0. The zero-order chi connectivity index (χ0) is 8.36. The van der Waals surface area contributed by atoms with Crippen LogP contribution in [0.25, 0.3) is 0 Å². The smallest absolute Gasteiger partial charge is 0.273 e. The first-order valence-corrected chi connectivity index (χ1v) is 4.42. The number of rotatable bonds is 3. The third-order valence-electron chi connectivity index (χ3n) is 1.02. The zero-order valence-corrected chi connectivity index (χ0v) is 7.22. The van der Waals surface area contributed by atoms with E-state index < -0.39 is 10.3 Å². The van der Waals surface area contributed by atoms with E-state index in [9.17, 15) is 8.42 Å². The molecule has 0 heterocycles. The first kappa shape index (κ1) is 9.87. The fourth-order valence-corrected chi connectivity index (χ4v) is 1.09. The Morgan fingerprint density at radius 3 is 2.00 bits per heavy atom. The molecule has 0 aliphatic carbocycles. The molecule has 0 rings (SSSR count). The molecule has 0 aromatic rings. The van der Waals surface area contributed by atoms with Crippen LogP contribution in [-0.4, -0.2) is 30.9 Å². The van der Waals surface area contributed by atoms with E-state index in [4.69, 9.17) is 4.55 Å². The van der Waals surface area contributed by atoms with Crippen LogP contribution in [0.2, 0.25) is 0 Å². The molecule has 0 aliphatic rings. The van der Waals surface area contributed by atoms with Gasteiger partial charge in [-0.05, 0) is 5.92 Å². The summed E-state index contributed by atoms with van der Waals surface area (Å²) in [6.45, 7) is 4.10. The van der Waals surface area contributed by atoms with Gasteiger partial charge >= 0.3 is 10.3 Å². The molecule has 0 unspecified atom stereocenters. The van der Waals surface area contributed by atoms with E-state index in [-0.39, 0.29) is 5.92 Å². The van der Waals surface area contributed by atoms with Gasteiger partial charge in [0, 0.05) is 13.6 Å². The monoisotopic (exact) mass is 167 g/mol. The first-order chi connectivity index (χ1) is 4.34. The Hall–Kier alpha value is -0.130. The second kappa shape index (κ2) is 3.32. The molecule has 0 atom stereocenters. The molecular formula is C5H13NO3S. The van der Waals surface area contributed by atoms with Crippen LogP contribution in [0.15, 0.2) is 0 Å². The van der Waals surface area contributed by atoms with Gasteiger partial charge in [0.05, 0.1) is 0 Å². The topological polar surface area (TPSA) is 57.6 Å². The molecule has 0 saturated carbocycles. The van der Waals surface area contributed by atoms with Gasteiger partial charge in [0.1, 0.15) is 0 Å². The maximum atomic E-state index is 10.3. The number of hydrogen-bond donors (Lipinski definition) is 1. The SMILES string of the molecule is CC(C)CN(C)S(=O)(=O)O. The second-order valence-corrected chi connectivity index (χ2v) is 4.17. The third-order valence-corrected chi connectivity index (χ3v) is 1.95. The zero-order valence-electron chi connectivity index (χ0n) is 6.40. The molecular weight excluding hydrogens is 154 g/mol. The van der Waals surface area contributed by atoms with Gasteiger partial charge in [-0.1, -0.05) is 13.8 Å². The molecule has 0 amide bonds. The van der Waals surface area contributed by atoms with Crippen molar-refractivity contribution in [1.29, 1.82) is 0 Å². The van der Waals surface area contributed by atoms with Gasteiger partial charge in [-0.15, -0.1) is 0 Å². The molecule has 0 aromatic heterocycles. The number of nitrogens with zero attached hydrogens (tertiary/aromatic N) is 1. The van der Waals surface area contributed by atoms with Gasteiger partial charge in [-0.25, -0.2) is 0 Å². The quantitative estimate of drug-likeness (QED) is 0.618. The molecule has 0 aliphatic heterocycles. The van der Waals surface area contributed by atoms with Crippen LogP contribution in [0, 0.1) is 5.92 Å². The Labute approximate surface area is 61.7 Å². The molecule has 0 saturated heterocycles. The highest BCUT2D eigenvalue weighted by atomic mass is 32.2. The average Bonchev–Trinajstić information content (AvgIpc) is 1.60. The van der Waals surface area contributed by atoms with Crippen LogP contribution in [0.3, 0.4) is 0 Å². The average molecular weight is 167 g/mol. The summed E-state index contributed by atoms with van der Waals surface area (Å²) in [7, 11) is -2.62. The highest BCUT2D eigenvalue weighted by Crippen LogP contribution is 1.99. The minimum Gasteiger partial charge on any atom is -0.273 e. The van der Waals surface area contributed by atoms with Gasteiger partial charge in [-0.2, -0.15) is 12.7 Å². The molecule has 4 nitrogen and oxygen atoms in total. The predicted octanol–water partition coefficient (Wildman–Crippen LogP) is 0.377. The molecule has 1 N–H and O–H groups in total. The van der Waals surface area contributed by atoms with E-state index in [0.717, 1.165) is 4.31 Å². The van der Waals surface area contributed by atoms with Crippen molar-refractivity contribution in [3.63, 3.8) is 0 Å². The van der Waals surface area contributed by atoms with Crippen molar-refractivity contribution < 1.29 is 13.0 Å². The van der Waals surface area contributed by atoms with Crippen molar-refractivity contribution >= 4 is 10.3 Å². The molecule has 0 aromatic carbocycles. The Morgan fingerprint density at radius 1 is 1.50 bits per heavy atom. The maximum Gasteiger partial charge on any atom is 0.335 e. The molecule has 62 valence electrons. The van der Waals surface area contributed by atoms with E-state index in [1.165, 1.54) is 7.05 Å². The van der Waals surface area contributed by atoms with Gasteiger partial charge in [-0.3, -0.25) is 4.55 Å². The molecule has 0 spiro atoms. The van der Waals surface area contributed by atoms with Gasteiger partial charge in [0.2, 0.25) is 0 Å². The summed E-state index contributed by atoms with van der Waals surface area (Å²) in [5.41, 5.74) is 0. The van der Waals surface area contributed by atoms with E-state index in [2.05, 4.69) is 0 Å². The Kier molecular flexibility index (Phi) is 3.27. The largest absolute Gasteiger partial charge is 0.335 e. The van der Waals surface area contributed by atoms with Crippen molar-refractivity contribution in [2.24, 2.45) is 5.92 Å². The van der Waals surface area contributed by atoms with Crippen LogP contribution in [0.1, 0.15) is 13.8 Å². The summed E-state index contributed by atoms with van der Waals surface area (Å²) in [5.74, 6) is 0.229. The van der Waals surface area contributed by atoms with Crippen molar-refractivity contribution in [2.45, 2.75) is 13.8 Å². The Morgan fingerprint density at radius 2 is 1.90 bits per heavy atom. The highest BCUT2D eigenvalue weighted by Gasteiger charge is 2.13. The summed E-state index contributed by atoms with van der Waals surface area (Å²) >= 11 is 0. The highest BCUT2D eigenvalue weighted by molar-refractivity contribution is 7.83. The lowest BCUT2D eigenvalue weighted by Gasteiger charge is -2.13. The molecule has 5 heteroatoms. The Balaban J connectivity index is 3.99. The lowest BCUT2D eigenvalue weighted by molar-refractivity contribution is 0.360. The molecule has 0 radical (unpaired) electrons. The van der Waals surface area contributed by atoms with Crippen molar-refractivity contribution in [2.75, 3.05) is 13.6 Å². The summed E-state index contributed by atoms with van der Waals surface area (Å²) < 4.78 is 30.0. The first-order valence-electron chi connectivity index (χ1n) is 3.02. The maximum absolute atomic E-state index is 10.3. The van der Waals surface area contributed by atoms with E-state index in [0.29, 0.717) is 6.54 Å². The number of hydrogen-bond acceptors (Lipinski definition) is 2. The summed E-state index contributed by atoms with van der Waals surface area (Å²) in [4.78, 5) is 0. The lowest BCUT2D eigenvalue weighted by Crippen LogP contribution is -2.29. The lowest BCUT2D eigenvalue weighted by atomic mass is 10.2. The fourth-order valence-electron chi connectivity index (χ4n) is 0.608. The van der Waals surface area contributed by atoms with Crippen molar-refractivity contribution in [3.8, 4) is 0 Å². The van der Waals surface area contributed by atoms with Crippen LogP contribution in [0.5, 0.6) is 0 Å². The van der Waals surface area contributed by atoms with Crippen molar-refractivity contribution in [1.82, 2.24) is 4.31 Å². The standard InChI is InChI=1S/C5H13NO3S/c1-5(2)4-6(3)10(7,8)9/h5H,4H2,1-3H3,(H,7,8,9). The summed E-state index contributed by atoms with van der Waals surface area (Å²) in [6.07, 6.45) is 0. The second-order valence-electron chi connectivity index (χ2n) is 2.65. The van der Waals surface area contributed by atoms with E-state index in [1.54, 1.807) is 0 Å². The van der Waals surface area contributed by atoms with E-state index in [1.807, 2.05) is 13.8 Å². The minimum atomic E-state index is -3.96. The molecule has 10 heavy (non-hydrogen) atoms. The van der Waals surface area contributed by atoms with E-state index >= 15 is 0 Å². The predicted molar refractivity (Wildman–Crippen MR) is 39.0 cm³/mol. The minimum absolute atomic E-state index is 0.229. The third kappa shape index (κ3) is 3.81. The van der Waals surface area contributed by atoms with Gasteiger partial charge in [0.25, 0.3) is 0 Å². The van der Waals surface area contributed by atoms with Crippen LogP contribution < -0.4 is 0 Å². The van der Waals surface area contributed by atoms with Crippen molar-refractivity contribution in [3.05, 3.63) is 0 Å². The molecule has 0 fully saturated rings. The van der Waals surface area contributed by atoms with Crippen LogP contribution >= 0.6 is 0 Å². The van der Waals surface area contributed by atoms with Crippen LogP contribution in [-0.2, 0) is 10.3 Å². The molecule has 0 bridgehead atoms. The Bertz CT molecular complexity index is 185. The normalized spacial score (nSPS) is 13.0. The fraction of sp³-hybridized carbons (Fsp3) is 1.00.